The van der Waals surface area contributed by atoms with E-state index in [0.717, 1.165) is 18.5 Å². The average Bonchev–Trinajstić information content (AvgIpc) is 2.39. The number of nitrogens with one attached hydrogen (secondary N) is 1. The molecular weight excluding hydrogens is 249 g/mol. The van der Waals surface area contributed by atoms with Crippen LogP contribution in [-0.2, 0) is 16.0 Å². The lowest BCUT2D eigenvalue weighted by atomic mass is 10.2. The molecule has 0 aliphatic heterocycles. The predicted octanol–water partition coefficient (Wildman–Crippen LogP) is 1.98. The Bertz CT molecular complexity index is 330. The largest absolute Gasteiger partial charge is 0.493 e. The molecule has 0 radical (unpaired) electrons. The van der Waals surface area contributed by atoms with Crippen molar-refractivity contribution in [3.8, 4) is 5.75 Å². The van der Waals surface area contributed by atoms with Crippen LogP contribution in [0.5, 0.6) is 5.75 Å². The fourth-order valence-corrected chi connectivity index (χ4v) is 1.61. The van der Waals surface area contributed by atoms with Gasteiger partial charge < -0.3 is 19.5 Å². The molecule has 5 heteroatoms. The van der Waals surface area contributed by atoms with Gasteiger partial charge in [-0.3, -0.25) is 0 Å². The molecule has 0 aliphatic rings. The van der Waals surface area contributed by atoms with Gasteiger partial charge in [-0.2, -0.15) is 0 Å². The molecular formula is C14H22FNO3. The van der Waals surface area contributed by atoms with Gasteiger partial charge in [-0.1, -0.05) is 0 Å². The van der Waals surface area contributed by atoms with Crippen LogP contribution in [0.4, 0.5) is 4.39 Å². The van der Waals surface area contributed by atoms with Gasteiger partial charge >= 0.3 is 0 Å². The summed E-state index contributed by atoms with van der Waals surface area (Å²) >= 11 is 0. The van der Waals surface area contributed by atoms with Crippen LogP contribution in [0, 0.1) is 5.82 Å². The molecule has 1 aromatic carbocycles. The van der Waals surface area contributed by atoms with Crippen molar-refractivity contribution in [1.29, 1.82) is 0 Å². The summed E-state index contributed by atoms with van der Waals surface area (Å²) in [7, 11) is 3.29. The maximum absolute atomic E-state index is 13.4. The summed E-state index contributed by atoms with van der Waals surface area (Å²) in [6.45, 7) is 3.12. The molecule has 0 saturated heterocycles. The van der Waals surface area contributed by atoms with Gasteiger partial charge in [-0.05, 0) is 17.7 Å². The SMILES string of the molecule is COCCCOc1cc(F)cc(CNCCOC)c1. The fourth-order valence-electron chi connectivity index (χ4n) is 1.61. The second kappa shape index (κ2) is 9.72. The van der Waals surface area contributed by atoms with Crippen LogP contribution in [0.1, 0.15) is 12.0 Å². The molecule has 1 N–H and O–H groups in total. The maximum atomic E-state index is 13.4. The number of benzene rings is 1. The second-order valence-corrected chi connectivity index (χ2v) is 4.16. The Morgan fingerprint density at radius 2 is 1.84 bits per heavy atom. The Balaban J connectivity index is 2.41. The van der Waals surface area contributed by atoms with E-state index in [1.807, 2.05) is 6.07 Å². The molecule has 0 unspecified atom stereocenters. The third-order valence-corrected chi connectivity index (χ3v) is 2.50. The van der Waals surface area contributed by atoms with Crippen molar-refractivity contribution in [2.75, 3.05) is 40.6 Å². The summed E-state index contributed by atoms with van der Waals surface area (Å²) in [5.74, 6) is 0.271. The molecule has 1 aromatic rings. The summed E-state index contributed by atoms with van der Waals surface area (Å²) < 4.78 is 28.8. The highest BCUT2D eigenvalue weighted by molar-refractivity contribution is 5.29. The lowest BCUT2D eigenvalue weighted by molar-refractivity contribution is 0.172. The summed E-state index contributed by atoms with van der Waals surface area (Å²) in [6.07, 6.45) is 0.786. The summed E-state index contributed by atoms with van der Waals surface area (Å²) in [5, 5.41) is 3.17. The third kappa shape index (κ3) is 7.10. The van der Waals surface area contributed by atoms with E-state index in [9.17, 15) is 4.39 Å². The van der Waals surface area contributed by atoms with Crippen LogP contribution >= 0.6 is 0 Å². The van der Waals surface area contributed by atoms with E-state index in [1.54, 1.807) is 14.2 Å². The van der Waals surface area contributed by atoms with Gasteiger partial charge in [0.25, 0.3) is 0 Å². The Hall–Kier alpha value is -1.17. The molecule has 19 heavy (non-hydrogen) atoms. The van der Waals surface area contributed by atoms with Gasteiger partial charge in [0.1, 0.15) is 11.6 Å². The van der Waals surface area contributed by atoms with E-state index >= 15 is 0 Å². The van der Waals surface area contributed by atoms with Crippen molar-refractivity contribution in [2.45, 2.75) is 13.0 Å². The van der Waals surface area contributed by atoms with Crippen LogP contribution in [0.3, 0.4) is 0 Å². The van der Waals surface area contributed by atoms with Crippen LogP contribution in [-0.4, -0.2) is 40.6 Å². The van der Waals surface area contributed by atoms with Crippen LogP contribution < -0.4 is 10.1 Å². The first-order valence-corrected chi connectivity index (χ1v) is 6.37. The minimum Gasteiger partial charge on any atom is -0.493 e. The molecule has 1 rings (SSSR count). The number of halogens is 1. The number of hydrogen-bond donors (Lipinski definition) is 1. The topological polar surface area (TPSA) is 39.7 Å². The van der Waals surface area contributed by atoms with Crippen LogP contribution in [0.25, 0.3) is 0 Å². The van der Waals surface area contributed by atoms with Crippen molar-refractivity contribution in [3.05, 3.63) is 29.6 Å². The quantitative estimate of drug-likeness (QED) is 0.661. The molecule has 0 amide bonds. The highest BCUT2D eigenvalue weighted by atomic mass is 19.1. The Morgan fingerprint density at radius 1 is 1.05 bits per heavy atom. The molecule has 0 bridgehead atoms. The second-order valence-electron chi connectivity index (χ2n) is 4.16. The van der Waals surface area contributed by atoms with Gasteiger partial charge in [-0.25, -0.2) is 4.39 Å². The van der Waals surface area contributed by atoms with Gasteiger partial charge in [-0.15, -0.1) is 0 Å². The average molecular weight is 271 g/mol. The zero-order valence-electron chi connectivity index (χ0n) is 11.6. The highest BCUT2D eigenvalue weighted by Gasteiger charge is 2.02. The molecule has 0 aliphatic carbocycles. The molecule has 0 atom stereocenters. The Kier molecular flexibility index (Phi) is 8.13. The summed E-state index contributed by atoms with van der Waals surface area (Å²) in [6, 6.07) is 4.74. The van der Waals surface area contributed by atoms with Crippen molar-refractivity contribution in [2.24, 2.45) is 0 Å². The summed E-state index contributed by atoms with van der Waals surface area (Å²) in [4.78, 5) is 0. The molecule has 0 aromatic heterocycles. The van der Waals surface area contributed by atoms with E-state index in [2.05, 4.69) is 5.32 Å². The lowest BCUT2D eigenvalue weighted by Gasteiger charge is -2.09. The van der Waals surface area contributed by atoms with Crippen molar-refractivity contribution in [1.82, 2.24) is 5.32 Å². The van der Waals surface area contributed by atoms with Crippen LogP contribution in [0.2, 0.25) is 0 Å². The van der Waals surface area contributed by atoms with E-state index in [1.165, 1.54) is 12.1 Å². The highest BCUT2D eigenvalue weighted by Crippen LogP contribution is 2.16. The normalized spacial score (nSPS) is 10.7. The van der Waals surface area contributed by atoms with Crippen molar-refractivity contribution >= 4 is 0 Å². The monoisotopic (exact) mass is 271 g/mol. The number of methoxy groups -OCH3 is 2. The molecule has 108 valence electrons. The number of ether oxygens (including phenoxy) is 3. The first-order chi connectivity index (χ1) is 9.26. The van der Waals surface area contributed by atoms with Gasteiger partial charge in [0.05, 0.1) is 13.2 Å². The first kappa shape index (κ1) is 15.9. The molecule has 0 saturated carbocycles. The van der Waals surface area contributed by atoms with Gasteiger partial charge in [0.15, 0.2) is 0 Å². The Labute approximate surface area is 113 Å². The van der Waals surface area contributed by atoms with Crippen molar-refractivity contribution in [3.63, 3.8) is 0 Å². The van der Waals surface area contributed by atoms with Crippen molar-refractivity contribution < 1.29 is 18.6 Å². The van der Waals surface area contributed by atoms with Gasteiger partial charge in [0, 0.05) is 46.4 Å². The molecule has 0 heterocycles. The van der Waals surface area contributed by atoms with E-state index in [0.29, 0.717) is 32.1 Å². The molecule has 0 fully saturated rings. The zero-order valence-corrected chi connectivity index (χ0v) is 11.6. The fraction of sp³-hybridized carbons (Fsp3) is 0.571. The maximum Gasteiger partial charge on any atom is 0.127 e. The Morgan fingerprint density at radius 3 is 2.58 bits per heavy atom. The minimum absolute atomic E-state index is 0.284. The first-order valence-electron chi connectivity index (χ1n) is 6.37. The smallest absolute Gasteiger partial charge is 0.127 e. The zero-order chi connectivity index (χ0) is 13.9. The molecule has 4 nitrogen and oxygen atoms in total. The van der Waals surface area contributed by atoms with Gasteiger partial charge in [0.2, 0.25) is 0 Å². The lowest BCUT2D eigenvalue weighted by Crippen LogP contribution is -2.18. The predicted molar refractivity (Wildman–Crippen MR) is 72.0 cm³/mol. The number of rotatable bonds is 10. The summed E-state index contributed by atoms with van der Waals surface area (Å²) in [5.41, 5.74) is 0.859. The minimum atomic E-state index is -0.284. The molecule has 0 spiro atoms. The van der Waals surface area contributed by atoms with Crippen LogP contribution in [0.15, 0.2) is 18.2 Å². The number of hydrogen-bond acceptors (Lipinski definition) is 4. The van der Waals surface area contributed by atoms with E-state index < -0.39 is 0 Å². The van der Waals surface area contributed by atoms with E-state index in [4.69, 9.17) is 14.2 Å². The third-order valence-electron chi connectivity index (χ3n) is 2.50. The standard InChI is InChI=1S/C14H22FNO3/c1-17-5-3-6-19-14-9-12(8-13(15)10-14)11-16-4-7-18-2/h8-10,16H,3-7,11H2,1-2H3. The van der Waals surface area contributed by atoms with E-state index in [-0.39, 0.29) is 5.82 Å².